The summed E-state index contributed by atoms with van der Waals surface area (Å²) in [4.78, 5) is 17.1. The second-order valence-electron chi connectivity index (χ2n) is 6.28. The van der Waals surface area contributed by atoms with E-state index >= 15 is 0 Å². The number of anilines is 1. The number of nitrogens with one attached hydrogen (secondary N) is 1. The highest BCUT2D eigenvalue weighted by Crippen LogP contribution is 2.24. The summed E-state index contributed by atoms with van der Waals surface area (Å²) in [6, 6.07) is 13.2. The fourth-order valence-electron chi connectivity index (χ4n) is 3.00. The normalized spacial score (nSPS) is 11.0. The molecule has 0 spiro atoms. The molecule has 26 heavy (non-hydrogen) atoms. The number of aromatic nitrogens is 3. The standard InChI is InChI=1S/C20H18N4O2/c1-12-6-4-7-15-13(2)10-17(21-19(12)15)24-18(11-14(3)23-24)22-20(25)16-8-5-9-26-16/h4-11H,1-3H3,(H,22,25). The monoisotopic (exact) mass is 346 g/mol. The van der Waals surface area contributed by atoms with Gasteiger partial charge in [-0.3, -0.25) is 4.79 Å². The summed E-state index contributed by atoms with van der Waals surface area (Å²) in [5.41, 5.74) is 3.91. The van der Waals surface area contributed by atoms with Gasteiger partial charge in [0, 0.05) is 11.5 Å². The van der Waals surface area contributed by atoms with Gasteiger partial charge in [0.2, 0.25) is 0 Å². The quantitative estimate of drug-likeness (QED) is 0.604. The number of carbonyl (C=O) groups excluding carboxylic acids is 1. The van der Waals surface area contributed by atoms with Crippen LogP contribution in [0.25, 0.3) is 16.7 Å². The molecule has 0 bridgehead atoms. The zero-order valence-electron chi connectivity index (χ0n) is 14.8. The second kappa shape index (κ2) is 6.15. The first-order valence-electron chi connectivity index (χ1n) is 8.32. The van der Waals surface area contributed by atoms with Gasteiger partial charge >= 0.3 is 0 Å². The summed E-state index contributed by atoms with van der Waals surface area (Å²) in [5, 5.41) is 8.45. The Bertz CT molecular complexity index is 1110. The number of hydrogen-bond donors (Lipinski definition) is 1. The van der Waals surface area contributed by atoms with Crippen LogP contribution >= 0.6 is 0 Å². The molecular formula is C20H18N4O2. The van der Waals surface area contributed by atoms with Crippen LogP contribution < -0.4 is 5.32 Å². The van der Waals surface area contributed by atoms with Gasteiger partial charge in [-0.2, -0.15) is 9.78 Å². The minimum absolute atomic E-state index is 0.244. The number of amides is 1. The Kier molecular flexibility index (Phi) is 3.80. The topological polar surface area (TPSA) is 73.0 Å². The number of carbonyl (C=O) groups is 1. The lowest BCUT2D eigenvalue weighted by Crippen LogP contribution is -2.15. The number of benzene rings is 1. The number of fused-ring (bicyclic) bond motifs is 1. The van der Waals surface area contributed by atoms with Crippen LogP contribution in [0.2, 0.25) is 0 Å². The van der Waals surface area contributed by atoms with Crippen LogP contribution in [0.15, 0.2) is 53.1 Å². The molecular weight excluding hydrogens is 328 g/mol. The Morgan fingerprint density at radius 2 is 1.92 bits per heavy atom. The molecule has 1 aromatic carbocycles. The average molecular weight is 346 g/mol. The lowest BCUT2D eigenvalue weighted by Gasteiger charge is -2.11. The van der Waals surface area contributed by atoms with Gasteiger partial charge in [-0.05, 0) is 50.1 Å². The molecule has 0 aliphatic carbocycles. The molecule has 1 N–H and O–H groups in total. The number of nitrogens with zero attached hydrogens (tertiary/aromatic N) is 3. The highest BCUT2D eigenvalue weighted by Gasteiger charge is 2.16. The largest absolute Gasteiger partial charge is 0.459 e. The van der Waals surface area contributed by atoms with E-state index < -0.39 is 0 Å². The number of para-hydroxylation sites is 1. The van der Waals surface area contributed by atoms with Crippen LogP contribution in [-0.4, -0.2) is 20.7 Å². The molecule has 6 heteroatoms. The zero-order chi connectivity index (χ0) is 18.3. The van der Waals surface area contributed by atoms with Crippen LogP contribution in [-0.2, 0) is 0 Å². The van der Waals surface area contributed by atoms with Gasteiger partial charge in [0.15, 0.2) is 11.6 Å². The van der Waals surface area contributed by atoms with E-state index in [0.29, 0.717) is 11.6 Å². The third-order valence-electron chi connectivity index (χ3n) is 4.27. The molecule has 4 rings (SSSR count). The molecule has 0 aliphatic rings. The summed E-state index contributed by atoms with van der Waals surface area (Å²) in [7, 11) is 0. The van der Waals surface area contributed by atoms with Crippen molar-refractivity contribution >= 4 is 22.6 Å². The maximum Gasteiger partial charge on any atom is 0.292 e. The molecule has 1 amide bonds. The van der Waals surface area contributed by atoms with E-state index in [1.807, 2.05) is 39.0 Å². The lowest BCUT2D eigenvalue weighted by atomic mass is 10.1. The highest BCUT2D eigenvalue weighted by atomic mass is 16.3. The van der Waals surface area contributed by atoms with Crippen molar-refractivity contribution in [3.05, 3.63) is 71.3 Å². The van der Waals surface area contributed by atoms with Crippen molar-refractivity contribution < 1.29 is 9.21 Å². The zero-order valence-corrected chi connectivity index (χ0v) is 14.8. The van der Waals surface area contributed by atoms with Crippen molar-refractivity contribution in [2.24, 2.45) is 0 Å². The highest BCUT2D eigenvalue weighted by molar-refractivity contribution is 6.01. The molecule has 0 saturated heterocycles. The number of rotatable bonds is 3. The van der Waals surface area contributed by atoms with Crippen LogP contribution in [0.3, 0.4) is 0 Å². The van der Waals surface area contributed by atoms with Crippen molar-refractivity contribution in [2.45, 2.75) is 20.8 Å². The molecule has 0 aliphatic heterocycles. The van der Waals surface area contributed by atoms with E-state index in [0.717, 1.165) is 27.7 Å². The van der Waals surface area contributed by atoms with Crippen molar-refractivity contribution in [1.82, 2.24) is 14.8 Å². The molecule has 0 unspecified atom stereocenters. The third kappa shape index (κ3) is 2.75. The van der Waals surface area contributed by atoms with Crippen molar-refractivity contribution in [1.29, 1.82) is 0 Å². The van der Waals surface area contributed by atoms with Crippen molar-refractivity contribution in [2.75, 3.05) is 5.32 Å². The molecule has 6 nitrogen and oxygen atoms in total. The number of pyridine rings is 1. The first-order valence-corrected chi connectivity index (χ1v) is 8.32. The van der Waals surface area contributed by atoms with Gasteiger partial charge in [0.1, 0.15) is 5.82 Å². The summed E-state index contributed by atoms with van der Waals surface area (Å²) in [5.74, 6) is 1.12. The van der Waals surface area contributed by atoms with Crippen LogP contribution in [0, 0.1) is 20.8 Å². The van der Waals surface area contributed by atoms with E-state index in [-0.39, 0.29) is 11.7 Å². The van der Waals surface area contributed by atoms with Gasteiger partial charge in [-0.15, -0.1) is 0 Å². The van der Waals surface area contributed by atoms with E-state index in [4.69, 9.17) is 9.40 Å². The molecule has 3 heterocycles. The SMILES string of the molecule is Cc1cc(NC(=O)c2ccco2)n(-c2cc(C)c3cccc(C)c3n2)n1. The maximum atomic E-state index is 12.3. The predicted molar refractivity (Wildman–Crippen MR) is 99.7 cm³/mol. The molecule has 4 aromatic rings. The van der Waals surface area contributed by atoms with Gasteiger partial charge in [0.25, 0.3) is 5.91 Å². The Labute approximate surface area is 150 Å². The van der Waals surface area contributed by atoms with Crippen molar-refractivity contribution in [3.63, 3.8) is 0 Å². The molecule has 3 aromatic heterocycles. The van der Waals surface area contributed by atoms with Gasteiger partial charge in [-0.25, -0.2) is 4.98 Å². The Morgan fingerprint density at radius 1 is 1.08 bits per heavy atom. The van der Waals surface area contributed by atoms with Crippen LogP contribution in [0.4, 0.5) is 5.82 Å². The molecule has 0 saturated carbocycles. The summed E-state index contributed by atoms with van der Waals surface area (Å²) < 4.78 is 6.80. The first-order chi connectivity index (χ1) is 12.5. The lowest BCUT2D eigenvalue weighted by molar-refractivity contribution is 0.0996. The number of furan rings is 1. The smallest absolute Gasteiger partial charge is 0.292 e. The third-order valence-corrected chi connectivity index (χ3v) is 4.27. The Hall–Kier alpha value is -3.41. The second-order valence-corrected chi connectivity index (χ2v) is 6.28. The maximum absolute atomic E-state index is 12.3. The summed E-state index contributed by atoms with van der Waals surface area (Å²) in [6.45, 7) is 5.95. The van der Waals surface area contributed by atoms with Gasteiger partial charge in [0.05, 0.1) is 17.5 Å². The van der Waals surface area contributed by atoms with E-state index in [1.165, 1.54) is 6.26 Å². The molecule has 0 radical (unpaired) electrons. The summed E-state index contributed by atoms with van der Waals surface area (Å²) >= 11 is 0. The van der Waals surface area contributed by atoms with Crippen LogP contribution in [0.5, 0.6) is 0 Å². The first kappa shape index (κ1) is 16.1. The van der Waals surface area contributed by atoms with E-state index in [9.17, 15) is 4.79 Å². The number of aryl methyl sites for hydroxylation is 3. The van der Waals surface area contributed by atoms with Crippen molar-refractivity contribution in [3.8, 4) is 5.82 Å². The van der Waals surface area contributed by atoms with E-state index in [1.54, 1.807) is 22.9 Å². The number of hydrogen-bond acceptors (Lipinski definition) is 4. The molecule has 130 valence electrons. The minimum atomic E-state index is -0.329. The summed E-state index contributed by atoms with van der Waals surface area (Å²) in [6.07, 6.45) is 1.47. The predicted octanol–water partition coefficient (Wildman–Crippen LogP) is 4.19. The van der Waals surface area contributed by atoms with Crippen LogP contribution in [0.1, 0.15) is 27.4 Å². The Balaban J connectivity index is 1.80. The minimum Gasteiger partial charge on any atom is -0.459 e. The fourth-order valence-corrected chi connectivity index (χ4v) is 3.00. The average Bonchev–Trinajstić information content (AvgIpc) is 3.25. The molecule has 0 fully saturated rings. The van der Waals surface area contributed by atoms with Gasteiger partial charge < -0.3 is 9.73 Å². The fraction of sp³-hybridized carbons (Fsp3) is 0.150. The Morgan fingerprint density at radius 3 is 2.69 bits per heavy atom. The van der Waals surface area contributed by atoms with E-state index in [2.05, 4.69) is 16.5 Å². The van der Waals surface area contributed by atoms with Gasteiger partial charge in [-0.1, -0.05) is 18.2 Å². The molecule has 0 atom stereocenters.